The van der Waals surface area contributed by atoms with Gasteiger partial charge in [-0.25, -0.2) is 21.6 Å². The van der Waals surface area contributed by atoms with Crippen LogP contribution in [-0.4, -0.2) is 81.6 Å². The predicted octanol–water partition coefficient (Wildman–Crippen LogP) is -0.0587. The molecule has 3 rings (SSSR count). The molecular weight excluding hydrogens is 368 g/mol. The lowest BCUT2D eigenvalue weighted by Crippen LogP contribution is -2.56. The molecule has 0 bridgehead atoms. The number of urea groups is 1. The molecule has 8 nitrogen and oxygen atoms in total. The van der Waals surface area contributed by atoms with Crippen molar-refractivity contribution in [3.63, 3.8) is 0 Å². The number of carbonyl (C=O) groups is 1. The van der Waals surface area contributed by atoms with E-state index >= 15 is 0 Å². The molecule has 0 aromatic carbocycles. The molecule has 1 N–H and O–H groups in total. The molecule has 3 saturated heterocycles. The van der Waals surface area contributed by atoms with E-state index in [0.29, 0.717) is 26.0 Å². The van der Waals surface area contributed by atoms with Gasteiger partial charge in [-0.2, -0.15) is 0 Å². The van der Waals surface area contributed by atoms with Crippen LogP contribution >= 0.6 is 0 Å². The number of sulfone groups is 2. The molecule has 10 heteroatoms. The van der Waals surface area contributed by atoms with Crippen molar-refractivity contribution < 1.29 is 26.4 Å². The van der Waals surface area contributed by atoms with E-state index in [2.05, 4.69) is 5.32 Å². The number of hydrogen-bond donors (Lipinski definition) is 1. The van der Waals surface area contributed by atoms with Crippen molar-refractivity contribution in [3.8, 4) is 0 Å². The first-order valence-corrected chi connectivity index (χ1v) is 12.3. The summed E-state index contributed by atoms with van der Waals surface area (Å²) in [6, 6.07) is -0.770. The first-order chi connectivity index (χ1) is 11.6. The summed E-state index contributed by atoms with van der Waals surface area (Å²) in [4.78, 5) is 14.4. The normalized spacial score (nSPS) is 36.4. The third-order valence-corrected chi connectivity index (χ3v) is 8.90. The van der Waals surface area contributed by atoms with E-state index in [1.165, 1.54) is 0 Å². The topological polar surface area (TPSA) is 110 Å². The molecular formula is C15H26N2O6S2. The SMILES string of the molecule is CC1(NC(=O)N(CC2CCCO2)C2CCS(=O)(=O)C2)CCS(=O)(=O)C1. The van der Waals surface area contributed by atoms with Gasteiger partial charge in [0.2, 0.25) is 0 Å². The van der Waals surface area contributed by atoms with Crippen LogP contribution in [0.2, 0.25) is 0 Å². The second-order valence-electron chi connectivity index (χ2n) is 7.68. The Hall–Kier alpha value is -0.870. The van der Waals surface area contributed by atoms with Gasteiger partial charge < -0.3 is 15.0 Å². The summed E-state index contributed by atoms with van der Waals surface area (Å²) in [6.07, 6.45) is 2.47. The molecule has 0 radical (unpaired) electrons. The summed E-state index contributed by atoms with van der Waals surface area (Å²) in [7, 11) is -6.27. The van der Waals surface area contributed by atoms with E-state index in [4.69, 9.17) is 4.74 Å². The molecule has 0 aromatic rings. The number of carbonyl (C=O) groups excluding carboxylic acids is 1. The van der Waals surface area contributed by atoms with Gasteiger partial charge in [-0.05, 0) is 32.6 Å². The second kappa shape index (κ2) is 6.70. The van der Waals surface area contributed by atoms with Crippen LogP contribution in [0, 0.1) is 0 Å². The first kappa shape index (κ1) is 18.9. The molecule has 0 spiro atoms. The predicted molar refractivity (Wildman–Crippen MR) is 92.9 cm³/mol. The minimum Gasteiger partial charge on any atom is -0.376 e. The standard InChI is InChI=1S/C15H26N2O6S2/c1-15(5-8-25(21,22)11-15)16-14(18)17(9-13-3-2-6-23-13)12-4-7-24(19,20)10-12/h12-13H,2-11H2,1H3,(H,16,18). The van der Waals surface area contributed by atoms with Gasteiger partial charge >= 0.3 is 6.03 Å². The van der Waals surface area contributed by atoms with E-state index in [1.807, 2.05) is 0 Å². The van der Waals surface area contributed by atoms with Gasteiger partial charge in [0.25, 0.3) is 0 Å². The molecule has 3 aliphatic rings. The molecule has 3 aliphatic heterocycles. The van der Waals surface area contributed by atoms with Crippen LogP contribution in [0.5, 0.6) is 0 Å². The highest BCUT2D eigenvalue weighted by atomic mass is 32.2. The van der Waals surface area contributed by atoms with Crippen LogP contribution in [0.25, 0.3) is 0 Å². The molecule has 0 aromatic heterocycles. The Morgan fingerprint density at radius 1 is 1.20 bits per heavy atom. The molecule has 2 amide bonds. The minimum atomic E-state index is -3.14. The Morgan fingerprint density at radius 3 is 2.48 bits per heavy atom. The van der Waals surface area contributed by atoms with Crippen molar-refractivity contribution in [2.45, 2.75) is 50.3 Å². The summed E-state index contributed by atoms with van der Waals surface area (Å²) in [5.74, 6) is 0.0244. The second-order valence-corrected chi connectivity index (χ2v) is 12.1. The highest BCUT2D eigenvalue weighted by Gasteiger charge is 2.42. The van der Waals surface area contributed by atoms with Crippen LogP contribution in [0.15, 0.2) is 0 Å². The Morgan fingerprint density at radius 2 is 1.96 bits per heavy atom. The molecule has 3 unspecified atom stereocenters. The number of amides is 2. The fourth-order valence-electron chi connectivity index (χ4n) is 3.87. The van der Waals surface area contributed by atoms with Crippen LogP contribution in [0.3, 0.4) is 0 Å². The lowest BCUT2D eigenvalue weighted by molar-refractivity contribution is 0.0706. The van der Waals surface area contributed by atoms with Crippen LogP contribution in [0.1, 0.15) is 32.6 Å². The smallest absolute Gasteiger partial charge is 0.318 e. The maximum Gasteiger partial charge on any atom is 0.318 e. The van der Waals surface area contributed by atoms with Gasteiger partial charge in [0.15, 0.2) is 19.7 Å². The summed E-state index contributed by atoms with van der Waals surface area (Å²) < 4.78 is 52.8. The Balaban J connectivity index is 1.72. The lowest BCUT2D eigenvalue weighted by Gasteiger charge is -2.34. The van der Waals surface area contributed by atoms with Gasteiger partial charge in [-0.3, -0.25) is 0 Å². The number of ether oxygens (including phenoxy) is 1. The van der Waals surface area contributed by atoms with Crippen LogP contribution < -0.4 is 5.32 Å². The van der Waals surface area contributed by atoms with E-state index in [9.17, 15) is 21.6 Å². The van der Waals surface area contributed by atoms with Crippen LogP contribution in [0.4, 0.5) is 4.79 Å². The van der Waals surface area contributed by atoms with Crippen molar-refractivity contribution in [2.24, 2.45) is 0 Å². The van der Waals surface area contributed by atoms with E-state index in [0.717, 1.165) is 12.8 Å². The summed E-state index contributed by atoms with van der Waals surface area (Å²) in [5, 5.41) is 2.85. The van der Waals surface area contributed by atoms with E-state index in [1.54, 1.807) is 11.8 Å². The van der Waals surface area contributed by atoms with Crippen molar-refractivity contribution in [1.82, 2.24) is 10.2 Å². The van der Waals surface area contributed by atoms with Crippen molar-refractivity contribution in [3.05, 3.63) is 0 Å². The summed E-state index contributed by atoms with van der Waals surface area (Å²) in [5.41, 5.74) is -0.803. The minimum absolute atomic E-state index is 0.0395. The van der Waals surface area contributed by atoms with E-state index < -0.39 is 31.2 Å². The quantitative estimate of drug-likeness (QED) is 0.715. The monoisotopic (exact) mass is 394 g/mol. The first-order valence-electron chi connectivity index (χ1n) is 8.69. The Bertz CT molecular complexity index is 729. The fourth-order valence-corrected chi connectivity index (χ4v) is 7.69. The van der Waals surface area contributed by atoms with Gasteiger partial charge in [0.05, 0.1) is 34.7 Å². The average molecular weight is 395 g/mol. The molecule has 144 valence electrons. The van der Waals surface area contributed by atoms with Gasteiger partial charge in [-0.1, -0.05) is 0 Å². The molecule has 3 atom stereocenters. The number of nitrogens with one attached hydrogen (secondary N) is 1. The van der Waals surface area contributed by atoms with Gasteiger partial charge in [0, 0.05) is 19.2 Å². The highest BCUT2D eigenvalue weighted by molar-refractivity contribution is 7.92. The van der Waals surface area contributed by atoms with Crippen molar-refractivity contribution in [2.75, 3.05) is 36.2 Å². The van der Waals surface area contributed by atoms with Crippen LogP contribution in [-0.2, 0) is 24.4 Å². The van der Waals surface area contributed by atoms with Crippen molar-refractivity contribution in [1.29, 1.82) is 0 Å². The third kappa shape index (κ3) is 4.65. The zero-order valence-electron chi connectivity index (χ0n) is 14.4. The molecule has 25 heavy (non-hydrogen) atoms. The Labute approximate surface area is 149 Å². The lowest BCUT2D eigenvalue weighted by atomic mass is 10.0. The number of nitrogens with zero attached hydrogens (tertiary/aromatic N) is 1. The maximum absolute atomic E-state index is 12.9. The average Bonchev–Trinajstić information content (AvgIpc) is 3.16. The van der Waals surface area contributed by atoms with E-state index in [-0.39, 0.29) is 35.2 Å². The largest absolute Gasteiger partial charge is 0.376 e. The Kier molecular flexibility index (Phi) is 5.06. The molecule has 3 fully saturated rings. The van der Waals surface area contributed by atoms with Gasteiger partial charge in [0.1, 0.15) is 0 Å². The fraction of sp³-hybridized carbons (Fsp3) is 0.933. The number of rotatable bonds is 4. The third-order valence-electron chi connectivity index (χ3n) is 5.25. The molecule has 0 saturated carbocycles. The summed E-state index contributed by atoms with van der Waals surface area (Å²) in [6.45, 7) is 2.72. The highest BCUT2D eigenvalue weighted by Crippen LogP contribution is 2.25. The summed E-state index contributed by atoms with van der Waals surface area (Å²) >= 11 is 0. The molecule has 3 heterocycles. The number of hydrogen-bond acceptors (Lipinski definition) is 6. The zero-order chi connectivity index (χ0) is 18.3. The molecule has 0 aliphatic carbocycles. The van der Waals surface area contributed by atoms with Crippen molar-refractivity contribution >= 4 is 25.7 Å². The van der Waals surface area contributed by atoms with Gasteiger partial charge in [-0.15, -0.1) is 0 Å². The zero-order valence-corrected chi connectivity index (χ0v) is 16.1. The maximum atomic E-state index is 12.9.